The van der Waals surface area contributed by atoms with Crippen LogP contribution in [0.25, 0.3) is 0 Å². The van der Waals surface area contributed by atoms with Crippen LogP contribution in [0.15, 0.2) is 34.9 Å². The lowest BCUT2D eigenvalue weighted by molar-refractivity contribution is -0.0423. The Labute approximate surface area is 273 Å². The highest BCUT2D eigenvalue weighted by Gasteiger charge is 2.59. The van der Waals surface area contributed by atoms with Gasteiger partial charge in [0.1, 0.15) is 0 Å². The van der Waals surface area contributed by atoms with E-state index in [0.717, 1.165) is 19.3 Å². The van der Waals surface area contributed by atoms with Gasteiger partial charge >= 0.3 is 0 Å². The van der Waals surface area contributed by atoms with E-state index in [9.17, 15) is 5.11 Å². The Morgan fingerprint density at radius 1 is 0.909 bits per heavy atom. The summed E-state index contributed by atoms with van der Waals surface area (Å²) in [6, 6.07) is 0. The maximum atomic E-state index is 10.4. The van der Waals surface area contributed by atoms with Crippen LogP contribution in [0.2, 0.25) is 36.3 Å². The molecule has 0 spiro atoms. The van der Waals surface area contributed by atoms with Gasteiger partial charge in [-0.25, -0.2) is 0 Å². The molecule has 0 aromatic heterocycles. The molecule has 0 radical (unpaired) electrons. The number of fused-ring (bicyclic) bond motifs is 5. The van der Waals surface area contributed by atoms with E-state index in [1.807, 2.05) is 0 Å². The van der Waals surface area contributed by atoms with E-state index in [-0.39, 0.29) is 45.1 Å². The Morgan fingerprint density at radius 3 is 2.07 bits per heavy atom. The second-order valence-corrected chi connectivity index (χ2v) is 28.2. The zero-order valence-electron chi connectivity index (χ0n) is 31.2. The highest BCUT2D eigenvalue weighted by atomic mass is 28.4. The number of hydrogen-bond donors (Lipinski definition) is 1. The molecule has 0 heterocycles. The van der Waals surface area contributed by atoms with Crippen molar-refractivity contribution in [3.8, 4) is 0 Å². The second-order valence-electron chi connectivity index (χ2n) is 18.7. The third-order valence-corrected chi connectivity index (χ3v) is 22.5. The molecule has 0 saturated heterocycles. The van der Waals surface area contributed by atoms with Gasteiger partial charge in [0.2, 0.25) is 0 Å². The molecule has 3 unspecified atom stereocenters. The highest BCUT2D eigenvalue weighted by molar-refractivity contribution is 6.74. The third-order valence-electron chi connectivity index (χ3n) is 13.5. The molecular formula is C38H68O4Si2. The van der Waals surface area contributed by atoms with Crippen molar-refractivity contribution in [3.05, 3.63) is 34.9 Å². The summed E-state index contributed by atoms with van der Waals surface area (Å²) in [5.41, 5.74) is 4.72. The lowest BCUT2D eigenvalue weighted by Gasteiger charge is -2.59. The molecule has 252 valence electrons. The third kappa shape index (κ3) is 6.48. The monoisotopic (exact) mass is 644 g/mol. The average Bonchev–Trinajstić information content (AvgIpc) is 3.23. The van der Waals surface area contributed by atoms with Crippen molar-refractivity contribution in [2.45, 2.75) is 169 Å². The summed E-state index contributed by atoms with van der Waals surface area (Å²) in [5, 5.41) is 10.8. The van der Waals surface area contributed by atoms with Crippen LogP contribution in [0.5, 0.6) is 0 Å². The fraction of sp³-hybridized carbons (Fsp3) is 0.842. The normalized spacial score (nSPS) is 34.4. The van der Waals surface area contributed by atoms with Gasteiger partial charge in [-0.15, -0.1) is 0 Å². The Hall–Kier alpha value is -0.506. The van der Waals surface area contributed by atoms with Gasteiger partial charge in [-0.05, 0) is 104 Å². The lowest BCUT2D eigenvalue weighted by Crippen LogP contribution is -2.58. The lowest BCUT2D eigenvalue weighted by atomic mass is 9.49. The number of rotatable bonds is 9. The molecule has 4 rings (SSSR count). The number of allylic oxidation sites excluding steroid dienone is 4. The predicted octanol–water partition coefficient (Wildman–Crippen LogP) is 10.2. The van der Waals surface area contributed by atoms with E-state index in [2.05, 4.69) is 121 Å². The molecular weight excluding hydrogens is 577 g/mol. The van der Waals surface area contributed by atoms with Crippen LogP contribution in [0, 0.1) is 28.6 Å². The zero-order chi connectivity index (χ0) is 33.3. The molecule has 2 saturated carbocycles. The molecule has 0 amide bonds. The number of ether oxygens (including phenoxy) is 1. The highest BCUT2D eigenvalue weighted by Crippen LogP contribution is 2.65. The fourth-order valence-corrected chi connectivity index (χ4v) is 10.9. The van der Waals surface area contributed by atoms with Gasteiger partial charge in [0.25, 0.3) is 0 Å². The minimum atomic E-state index is -2.03. The molecule has 4 aliphatic carbocycles. The summed E-state index contributed by atoms with van der Waals surface area (Å²) in [4.78, 5) is 0. The van der Waals surface area contributed by atoms with Crippen molar-refractivity contribution in [1.29, 1.82) is 0 Å². The molecule has 0 aromatic rings. The topological polar surface area (TPSA) is 47.9 Å². The first-order valence-corrected chi connectivity index (χ1v) is 23.5. The van der Waals surface area contributed by atoms with Crippen LogP contribution < -0.4 is 0 Å². The standard InChI is InChI=1S/C38H68O4Si2/c1-25(2)33(39)24-40-26(3)30-18-19-31-29-17-16-27-22-28(41-43(12,13)35(4,5)6)23-34(42-44(14,15)36(7,8)9)38(27,11)32(29)20-21-37(30,31)10/h16-18,25-26,28,31-34,39H,19-24H2,1-15H3/t26?,28?,31-,32-,33-,34?,37+,38-/m0/s1. The van der Waals surface area contributed by atoms with Crippen molar-refractivity contribution in [1.82, 2.24) is 0 Å². The average molecular weight is 645 g/mol. The summed E-state index contributed by atoms with van der Waals surface area (Å²) >= 11 is 0. The van der Waals surface area contributed by atoms with Gasteiger partial charge in [-0.1, -0.05) is 98.6 Å². The largest absolute Gasteiger partial charge is 0.414 e. The second kappa shape index (κ2) is 12.2. The van der Waals surface area contributed by atoms with E-state index in [1.54, 1.807) is 11.1 Å². The summed E-state index contributed by atoms with van der Waals surface area (Å²) in [7, 11) is -3.95. The van der Waals surface area contributed by atoms with E-state index in [4.69, 9.17) is 13.6 Å². The Kier molecular flexibility index (Phi) is 10.1. The van der Waals surface area contributed by atoms with Crippen molar-refractivity contribution >= 4 is 16.6 Å². The molecule has 1 N–H and O–H groups in total. The molecule has 0 aromatic carbocycles. The van der Waals surface area contributed by atoms with Crippen LogP contribution in [0.3, 0.4) is 0 Å². The van der Waals surface area contributed by atoms with E-state index in [1.165, 1.54) is 18.4 Å². The molecule has 4 nitrogen and oxygen atoms in total. The van der Waals surface area contributed by atoms with E-state index in [0.29, 0.717) is 18.4 Å². The van der Waals surface area contributed by atoms with Crippen molar-refractivity contribution < 1.29 is 18.7 Å². The van der Waals surface area contributed by atoms with Crippen LogP contribution in [0.4, 0.5) is 0 Å². The molecule has 2 fully saturated rings. The van der Waals surface area contributed by atoms with Crippen molar-refractivity contribution in [2.24, 2.45) is 28.6 Å². The van der Waals surface area contributed by atoms with Crippen LogP contribution in [0.1, 0.15) is 108 Å². The first-order chi connectivity index (χ1) is 20.0. The summed E-state index contributed by atoms with van der Waals surface area (Å²) in [6.07, 6.45) is 12.9. The van der Waals surface area contributed by atoms with Gasteiger partial charge in [0.05, 0.1) is 31.0 Å². The summed E-state index contributed by atoms with van der Waals surface area (Å²) in [5.74, 6) is 1.20. The van der Waals surface area contributed by atoms with Gasteiger partial charge in [0.15, 0.2) is 16.6 Å². The van der Waals surface area contributed by atoms with Crippen LogP contribution in [-0.2, 0) is 13.6 Å². The summed E-state index contributed by atoms with van der Waals surface area (Å²) < 4.78 is 21.0. The number of aliphatic hydroxyl groups is 1. The van der Waals surface area contributed by atoms with Gasteiger partial charge < -0.3 is 18.7 Å². The van der Waals surface area contributed by atoms with Crippen LogP contribution in [-0.4, -0.2) is 52.8 Å². The van der Waals surface area contributed by atoms with Gasteiger partial charge in [0, 0.05) is 5.41 Å². The minimum Gasteiger partial charge on any atom is -0.414 e. The Morgan fingerprint density at radius 2 is 1.50 bits per heavy atom. The van der Waals surface area contributed by atoms with Crippen LogP contribution >= 0.6 is 0 Å². The van der Waals surface area contributed by atoms with Crippen molar-refractivity contribution in [3.63, 3.8) is 0 Å². The molecule has 8 atom stereocenters. The molecule has 4 aliphatic rings. The quantitative estimate of drug-likeness (QED) is 0.200. The molecule has 6 heteroatoms. The van der Waals surface area contributed by atoms with Gasteiger partial charge in [-0.2, -0.15) is 0 Å². The fourth-order valence-electron chi connectivity index (χ4n) is 8.17. The Balaban J connectivity index is 1.66. The minimum absolute atomic E-state index is 0.0134. The first kappa shape index (κ1) is 36.3. The molecule has 0 aliphatic heterocycles. The molecule has 0 bridgehead atoms. The first-order valence-electron chi connectivity index (χ1n) is 17.7. The summed E-state index contributed by atoms with van der Waals surface area (Å²) in [6.45, 7) is 35.6. The smallest absolute Gasteiger partial charge is 0.192 e. The predicted molar refractivity (Wildman–Crippen MR) is 191 cm³/mol. The van der Waals surface area contributed by atoms with Gasteiger partial charge in [-0.3, -0.25) is 0 Å². The maximum Gasteiger partial charge on any atom is 0.192 e. The Bertz CT molecular complexity index is 1150. The van der Waals surface area contributed by atoms with E-state index >= 15 is 0 Å². The maximum absolute atomic E-state index is 10.4. The zero-order valence-corrected chi connectivity index (χ0v) is 33.2. The number of aliphatic hydroxyl groups excluding tert-OH is 1. The SMILES string of the molecule is CC(OC[C@H](O)C(C)C)C1=CC[C@H]2C3=CC=C4CC(O[Si](C)(C)C(C)(C)C)CC(O[Si](C)(C)C(C)(C)C)[C@]4(C)[C@H]3CC[C@]12C. The molecule has 44 heavy (non-hydrogen) atoms. The number of hydrogen-bond acceptors (Lipinski definition) is 4. The van der Waals surface area contributed by atoms with Crippen molar-refractivity contribution in [2.75, 3.05) is 6.61 Å². The van der Waals surface area contributed by atoms with E-state index < -0.39 is 22.7 Å².